The van der Waals surface area contributed by atoms with Gasteiger partial charge in [-0.1, -0.05) is 24.3 Å². The van der Waals surface area contributed by atoms with Crippen LogP contribution < -0.4 is 11.1 Å². The average Bonchev–Trinajstić information content (AvgIpc) is 3.24. The minimum Gasteiger partial charge on any atom is -0.383 e. The van der Waals surface area contributed by atoms with E-state index in [4.69, 9.17) is 5.73 Å². The summed E-state index contributed by atoms with van der Waals surface area (Å²) in [6.45, 7) is 0.778. The molecule has 0 atom stereocenters. The lowest BCUT2D eigenvalue weighted by molar-refractivity contribution is 0.102. The Bertz CT molecular complexity index is 1220. The quantitative estimate of drug-likeness (QED) is 0.477. The Morgan fingerprint density at radius 1 is 1.16 bits per heavy atom. The van der Waals surface area contributed by atoms with Gasteiger partial charge in [0.05, 0.1) is 11.3 Å². The summed E-state index contributed by atoms with van der Waals surface area (Å²) in [5.41, 5.74) is 10.8. The topological polar surface area (TPSA) is 97.0 Å². The lowest BCUT2D eigenvalue weighted by Crippen LogP contribution is -2.14. The van der Waals surface area contributed by atoms with E-state index in [2.05, 4.69) is 25.2 Å². The molecule has 0 aliphatic rings. The van der Waals surface area contributed by atoms with E-state index in [0.717, 1.165) is 28.4 Å². The maximum absolute atomic E-state index is 12.8. The smallest absolute Gasteiger partial charge is 0.255 e. The van der Waals surface area contributed by atoms with Crippen LogP contribution in [0.4, 0.5) is 11.5 Å². The minimum atomic E-state index is -0.147. The molecule has 2 aromatic carbocycles. The number of nitrogens with two attached hydrogens (primary N) is 1. The van der Waals surface area contributed by atoms with Crippen LogP contribution in [-0.2, 0) is 6.54 Å². The SMILES string of the molecule is CN(C)Cc1cccc(C(=O)Nc2cccc(-c3csc(-c4cncnc4N)n3)c2)c1. The van der Waals surface area contributed by atoms with Gasteiger partial charge in [0.2, 0.25) is 0 Å². The van der Waals surface area contributed by atoms with Crippen molar-refractivity contribution >= 4 is 28.7 Å². The van der Waals surface area contributed by atoms with Gasteiger partial charge in [-0.15, -0.1) is 11.3 Å². The monoisotopic (exact) mass is 430 g/mol. The highest BCUT2D eigenvalue weighted by molar-refractivity contribution is 7.13. The average molecular weight is 431 g/mol. The molecule has 2 heterocycles. The molecule has 7 nitrogen and oxygen atoms in total. The molecule has 0 bridgehead atoms. The molecule has 0 radical (unpaired) electrons. The first-order valence-electron chi connectivity index (χ1n) is 9.66. The minimum absolute atomic E-state index is 0.147. The van der Waals surface area contributed by atoms with Crippen LogP contribution in [0, 0.1) is 0 Å². The Kier molecular flexibility index (Phi) is 6.01. The molecule has 0 saturated heterocycles. The van der Waals surface area contributed by atoms with E-state index in [0.29, 0.717) is 22.6 Å². The molecule has 4 aromatic rings. The van der Waals surface area contributed by atoms with Gasteiger partial charge in [0.1, 0.15) is 17.2 Å². The number of anilines is 2. The van der Waals surface area contributed by atoms with E-state index < -0.39 is 0 Å². The second kappa shape index (κ2) is 9.03. The summed E-state index contributed by atoms with van der Waals surface area (Å²) in [4.78, 5) is 27.5. The largest absolute Gasteiger partial charge is 0.383 e. The molecule has 2 aromatic heterocycles. The summed E-state index contributed by atoms with van der Waals surface area (Å²) in [6, 6.07) is 15.3. The first-order chi connectivity index (χ1) is 15.0. The lowest BCUT2D eigenvalue weighted by Gasteiger charge is -2.11. The maximum atomic E-state index is 12.8. The maximum Gasteiger partial charge on any atom is 0.255 e. The lowest BCUT2D eigenvalue weighted by atomic mass is 10.1. The summed E-state index contributed by atoms with van der Waals surface area (Å²) in [7, 11) is 4.00. The number of amides is 1. The Labute approximate surface area is 184 Å². The molecule has 0 aliphatic carbocycles. The summed E-state index contributed by atoms with van der Waals surface area (Å²) in [5.74, 6) is 0.249. The molecular weight excluding hydrogens is 408 g/mol. The number of hydrogen-bond acceptors (Lipinski definition) is 7. The molecule has 4 rings (SSSR count). The molecule has 0 fully saturated rings. The van der Waals surface area contributed by atoms with Crippen molar-refractivity contribution in [3.05, 3.63) is 77.6 Å². The summed E-state index contributed by atoms with van der Waals surface area (Å²) < 4.78 is 0. The van der Waals surface area contributed by atoms with Crippen molar-refractivity contribution in [1.82, 2.24) is 19.9 Å². The van der Waals surface area contributed by atoms with Gasteiger partial charge in [0.25, 0.3) is 5.91 Å². The van der Waals surface area contributed by atoms with Crippen LogP contribution in [0.1, 0.15) is 15.9 Å². The standard InChI is InChI=1S/C23H22N6OS/c1-29(2)12-15-5-3-7-17(9-15)22(30)27-18-8-4-6-16(10-18)20-13-31-23(28-20)19-11-25-14-26-21(19)24/h3-11,13-14H,12H2,1-2H3,(H,27,30)(H2,24,25,26). The van der Waals surface area contributed by atoms with Gasteiger partial charge >= 0.3 is 0 Å². The van der Waals surface area contributed by atoms with E-state index >= 15 is 0 Å². The van der Waals surface area contributed by atoms with Crippen molar-refractivity contribution in [2.45, 2.75) is 6.54 Å². The van der Waals surface area contributed by atoms with E-state index in [1.54, 1.807) is 6.20 Å². The number of nitrogens with zero attached hydrogens (tertiary/aromatic N) is 4. The van der Waals surface area contributed by atoms with Gasteiger partial charge in [0.15, 0.2) is 0 Å². The number of thiazole rings is 1. The second-order valence-corrected chi connectivity index (χ2v) is 8.19. The molecule has 3 N–H and O–H groups in total. The molecule has 0 saturated carbocycles. The zero-order valence-corrected chi connectivity index (χ0v) is 18.1. The van der Waals surface area contributed by atoms with E-state index in [9.17, 15) is 4.79 Å². The summed E-state index contributed by atoms with van der Waals surface area (Å²) in [6.07, 6.45) is 3.07. The number of benzene rings is 2. The van der Waals surface area contributed by atoms with Crippen molar-refractivity contribution in [1.29, 1.82) is 0 Å². The van der Waals surface area contributed by atoms with E-state index in [1.807, 2.05) is 68.0 Å². The summed E-state index contributed by atoms with van der Waals surface area (Å²) >= 11 is 1.47. The third-order valence-corrected chi connectivity index (χ3v) is 5.46. The van der Waals surface area contributed by atoms with Crippen molar-refractivity contribution in [3.63, 3.8) is 0 Å². The highest BCUT2D eigenvalue weighted by atomic mass is 32.1. The van der Waals surface area contributed by atoms with Crippen LogP contribution in [0.3, 0.4) is 0 Å². The van der Waals surface area contributed by atoms with Crippen molar-refractivity contribution < 1.29 is 4.79 Å². The second-order valence-electron chi connectivity index (χ2n) is 7.33. The van der Waals surface area contributed by atoms with Gasteiger partial charge in [-0.3, -0.25) is 4.79 Å². The van der Waals surface area contributed by atoms with Crippen LogP contribution in [0.25, 0.3) is 21.8 Å². The number of hydrogen-bond donors (Lipinski definition) is 2. The molecule has 31 heavy (non-hydrogen) atoms. The Balaban J connectivity index is 1.53. The van der Waals surface area contributed by atoms with Gasteiger partial charge in [-0.05, 0) is 43.9 Å². The third kappa shape index (κ3) is 4.93. The number of rotatable bonds is 6. The zero-order valence-electron chi connectivity index (χ0n) is 17.2. The van der Waals surface area contributed by atoms with Gasteiger partial charge in [-0.25, -0.2) is 15.0 Å². The Hall–Kier alpha value is -3.62. The number of carbonyl (C=O) groups is 1. The fraction of sp³-hybridized carbons (Fsp3) is 0.130. The van der Waals surface area contributed by atoms with Crippen molar-refractivity contribution in [2.24, 2.45) is 0 Å². The molecule has 0 spiro atoms. The van der Waals surface area contributed by atoms with Crippen LogP contribution in [0.2, 0.25) is 0 Å². The first-order valence-corrected chi connectivity index (χ1v) is 10.5. The number of carbonyl (C=O) groups excluding carboxylic acids is 1. The van der Waals surface area contributed by atoms with Gasteiger partial charge < -0.3 is 16.0 Å². The first kappa shape index (κ1) is 20.6. The molecule has 8 heteroatoms. The van der Waals surface area contributed by atoms with Crippen LogP contribution >= 0.6 is 11.3 Å². The summed E-state index contributed by atoms with van der Waals surface area (Å²) in [5, 5.41) is 5.68. The predicted molar refractivity (Wildman–Crippen MR) is 125 cm³/mol. The molecule has 0 unspecified atom stereocenters. The number of aromatic nitrogens is 3. The molecule has 156 valence electrons. The van der Waals surface area contributed by atoms with Crippen LogP contribution in [0.15, 0.2) is 66.4 Å². The molecule has 0 aliphatic heterocycles. The fourth-order valence-electron chi connectivity index (χ4n) is 3.17. The Morgan fingerprint density at radius 2 is 2.00 bits per heavy atom. The van der Waals surface area contributed by atoms with Gasteiger partial charge in [0, 0.05) is 34.9 Å². The van der Waals surface area contributed by atoms with Crippen LogP contribution in [0.5, 0.6) is 0 Å². The van der Waals surface area contributed by atoms with Crippen molar-refractivity contribution in [2.75, 3.05) is 25.1 Å². The Morgan fingerprint density at radius 3 is 2.81 bits per heavy atom. The normalized spacial score (nSPS) is 10.9. The zero-order chi connectivity index (χ0) is 21.8. The third-order valence-electron chi connectivity index (χ3n) is 4.58. The van der Waals surface area contributed by atoms with E-state index in [1.165, 1.54) is 17.7 Å². The predicted octanol–water partition coefficient (Wildman–Crippen LogP) is 4.16. The van der Waals surface area contributed by atoms with Crippen molar-refractivity contribution in [3.8, 4) is 21.8 Å². The van der Waals surface area contributed by atoms with Crippen LogP contribution in [-0.4, -0.2) is 39.9 Å². The fourth-order valence-corrected chi connectivity index (χ4v) is 4.02. The molecule has 1 amide bonds. The number of nitrogen functional groups attached to an aromatic ring is 1. The molecular formula is C23H22N6OS. The number of nitrogens with one attached hydrogen (secondary N) is 1. The van der Waals surface area contributed by atoms with E-state index in [-0.39, 0.29) is 5.91 Å². The highest BCUT2D eigenvalue weighted by Crippen LogP contribution is 2.31. The van der Waals surface area contributed by atoms with Gasteiger partial charge in [-0.2, -0.15) is 0 Å². The highest BCUT2D eigenvalue weighted by Gasteiger charge is 2.12.